The van der Waals surface area contributed by atoms with Crippen LogP contribution in [0, 0.1) is 0 Å². The number of rotatable bonds is 3. The molecule has 0 spiro atoms. The van der Waals surface area contributed by atoms with Gasteiger partial charge in [-0.15, -0.1) is 0 Å². The Balaban J connectivity index is 3.31. The summed E-state index contributed by atoms with van der Waals surface area (Å²) in [4.78, 5) is 0.676. The third kappa shape index (κ3) is 3.34. The quantitative estimate of drug-likeness (QED) is 0.758. The zero-order valence-corrected chi connectivity index (χ0v) is 10.0. The van der Waals surface area contributed by atoms with Gasteiger partial charge in [0.2, 0.25) is 0 Å². The first-order valence-corrected chi connectivity index (χ1v) is 6.35. The van der Waals surface area contributed by atoms with E-state index in [4.69, 9.17) is 0 Å². The maximum atomic E-state index is 12.4. The van der Waals surface area contributed by atoms with Gasteiger partial charge in [-0.2, -0.15) is 0 Å². The van der Waals surface area contributed by atoms with Crippen molar-refractivity contribution in [2.24, 2.45) is 0 Å². The molecule has 0 fully saturated rings. The van der Waals surface area contributed by atoms with Crippen molar-refractivity contribution in [3.8, 4) is 0 Å². The van der Waals surface area contributed by atoms with Crippen molar-refractivity contribution in [2.75, 3.05) is 7.05 Å². The van der Waals surface area contributed by atoms with Gasteiger partial charge in [-0.05, 0) is 33.0 Å². The molecule has 15 heavy (non-hydrogen) atoms. The topological polar surface area (TPSA) is 49.3 Å². The fourth-order valence-electron chi connectivity index (χ4n) is 1.27. The summed E-state index contributed by atoms with van der Waals surface area (Å²) < 4.78 is 15.2. The molecule has 3 nitrogen and oxygen atoms in total. The lowest BCUT2D eigenvalue weighted by atomic mass is 10.2. The molecule has 0 saturated heterocycles. The second kappa shape index (κ2) is 4.35. The smallest absolute Gasteiger partial charge is 0.0863 e. The minimum atomic E-state index is -2.49. The van der Waals surface area contributed by atoms with Crippen LogP contribution in [-0.2, 0) is 9.71 Å². The average molecular weight is 227 g/mol. The first-order chi connectivity index (χ1) is 6.87. The summed E-state index contributed by atoms with van der Waals surface area (Å²) in [6, 6.07) is 9.07. The Labute approximate surface area is 91.3 Å². The van der Waals surface area contributed by atoms with Gasteiger partial charge in [-0.25, -0.2) is 8.93 Å². The first kappa shape index (κ1) is 12.2. The predicted octanol–water partition coefficient (Wildman–Crippen LogP) is 1.04. The number of nitrogens with one attached hydrogen (secondary N) is 1. The molecule has 0 aliphatic rings. The number of aliphatic hydroxyl groups is 1. The minimum Gasteiger partial charge on any atom is -0.386 e. The van der Waals surface area contributed by atoms with Gasteiger partial charge >= 0.3 is 0 Å². The van der Waals surface area contributed by atoms with E-state index in [0.29, 0.717) is 4.90 Å². The van der Waals surface area contributed by atoms with Crippen LogP contribution in [0.25, 0.3) is 0 Å². The van der Waals surface area contributed by atoms with E-state index in [1.54, 1.807) is 33.0 Å². The van der Waals surface area contributed by atoms with Gasteiger partial charge in [0.05, 0.1) is 15.3 Å². The predicted molar refractivity (Wildman–Crippen MR) is 64.3 cm³/mol. The molecular weight excluding hydrogens is 210 g/mol. The van der Waals surface area contributed by atoms with Gasteiger partial charge < -0.3 is 5.11 Å². The molecule has 1 unspecified atom stereocenters. The fourth-order valence-corrected chi connectivity index (χ4v) is 3.14. The molecule has 2 N–H and O–H groups in total. The Bertz CT molecular complexity index is 426. The summed E-state index contributed by atoms with van der Waals surface area (Å²) in [6.45, 7) is 3.21. The fraction of sp³-hybridized carbons (Fsp3) is 0.364. The van der Waals surface area contributed by atoms with Crippen molar-refractivity contribution >= 4 is 15.1 Å². The standard InChI is InChI=1S/C11H17NO2S/c1-11(2,13)9-15(14,12-3)10-7-5-4-6-8-10/h4-9,13H,1-3H3,(H,12,14). The summed E-state index contributed by atoms with van der Waals surface area (Å²) in [6.07, 6.45) is 0. The summed E-state index contributed by atoms with van der Waals surface area (Å²) in [5.74, 6) is 0. The summed E-state index contributed by atoms with van der Waals surface area (Å²) in [7, 11) is -0.866. The van der Waals surface area contributed by atoms with E-state index in [2.05, 4.69) is 4.72 Å². The second-order valence-electron chi connectivity index (χ2n) is 3.89. The Morgan fingerprint density at radius 2 is 1.87 bits per heavy atom. The van der Waals surface area contributed by atoms with Crippen LogP contribution in [-0.4, -0.2) is 27.3 Å². The Morgan fingerprint density at radius 3 is 2.27 bits per heavy atom. The van der Waals surface area contributed by atoms with Crippen molar-refractivity contribution in [1.82, 2.24) is 4.72 Å². The normalized spacial score (nSPS) is 15.7. The SMILES string of the molecule is CNS(=O)(=CC(C)(C)O)c1ccccc1. The Hall–Kier alpha value is -0.840. The monoisotopic (exact) mass is 227 g/mol. The summed E-state index contributed by atoms with van der Waals surface area (Å²) >= 11 is 0. The third-order valence-electron chi connectivity index (χ3n) is 1.85. The van der Waals surface area contributed by atoms with Crippen molar-refractivity contribution in [2.45, 2.75) is 24.3 Å². The molecule has 0 amide bonds. The van der Waals surface area contributed by atoms with Crippen molar-refractivity contribution in [3.05, 3.63) is 30.3 Å². The summed E-state index contributed by atoms with van der Waals surface area (Å²) in [5.41, 5.74) is -1.07. The van der Waals surface area contributed by atoms with E-state index < -0.39 is 15.3 Å². The Morgan fingerprint density at radius 1 is 1.33 bits per heavy atom. The van der Waals surface area contributed by atoms with Crippen LogP contribution in [0.15, 0.2) is 35.2 Å². The van der Waals surface area contributed by atoms with Crippen LogP contribution in [0.3, 0.4) is 0 Å². The molecule has 0 heterocycles. The molecule has 1 aromatic rings. The van der Waals surface area contributed by atoms with E-state index in [1.807, 2.05) is 18.2 Å². The van der Waals surface area contributed by atoms with Crippen LogP contribution < -0.4 is 4.72 Å². The molecule has 0 saturated carbocycles. The molecule has 1 rings (SSSR count). The van der Waals surface area contributed by atoms with Gasteiger partial charge in [0.25, 0.3) is 0 Å². The average Bonchev–Trinajstić information content (AvgIpc) is 2.16. The van der Waals surface area contributed by atoms with Crippen LogP contribution in [0.1, 0.15) is 13.8 Å². The van der Waals surface area contributed by atoms with Crippen LogP contribution in [0.4, 0.5) is 0 Å². The zero-order valence-electron chi connectivity index (χ0n) is 9.23. The highest BCUT2D eigenvalue weighted by Gasteiger charge is 2.16. The second-order valence-corrected chi connectivity index (χ2v) is 6.21. The van der Waals surface area contributed by atoms with Gasteiger partial charge in [-0.1, -0.05) is 18.2 Å². The van der Waals surface area contributed by atoms with Crippen LogP contribution >= 0.6 is 0 Å². The van der Waals surface area contributed by atoms with E-state index in [0.717, 1.165) is 0 Å². The van der Waals surface area contributed by atoms with Crippen LogP contribution in [0.5, 0.6) is 0 Å². The molecule has 0 aliphatic carbocycles. The molecule has 0 aromatic heterocycles. The van der Waals surface area contributed by atoms with Crippen molar-refractivity contribution in [1.29, 1.82) is 0 Å². The van der Waals surface area contributed by atoms with Crippen molar-refractivity contribution in [3.63, 3.8) is 0 Å². The van der Waals surface area contributed by atoms with Gasteiger partial charge in [0, 0.05) is 10.3 Å². The Kier molecular flexibility index (Phi) is 3.54. The molecule has 1 aromatic carbocycles. The molecule has 0 radical (unpaired) electrons. The maximum Gasteiger partial charge on any atom is 0.0863 e. The molecule has 4 heteroatoms. The van der Waals surface area contributed by atoms with E-state index >= 15 is 0 Å². The molecular formula is C11H17NO2S. The highest BCUT2D eigenvalue weighted by Crippen LogP contribution is 2.10. The minimum absolute atomic E-state index is 0.676. The largest absolute Gasteiger partial charge is 0.386 e. The van der Waals surface area contributed by atoms with Crippen molar-refractivity contribution < 1.29 is 9.32 Å². The molecule has 84 valence electrons. The lowest BCUT2D eigenvalue weighted by molar-refractivity contribution is 0.161. The first-order valence-electron chi connectivity index (χ1n) is 4.73. The highest BCUT2D eigenvalue weighted by atomic mass is 32.2. The molecule has 1 atom stereocenters. The van der Waals surface area contributed by atoms with Gasteiger partial charge in [-0.3, -0.25) is 0 Å². The number of benzene rings is 1. The number of hydrogen-bond acceptors (Lipinski definition) is 2. The molecule has 0 aliphatic heterocycles. The zero-order chi connectivity index (χ0) is 11.5. The van der Waals surface area contributed by atoms with E-state index in [-0.39, 0.29) is 0 Å². The summed E-state index contributed by atoms with van der Waals surface area (Å²) in [5, 5.41) is 11.1. The lowest BCUT2D eigenvalue weighted by Gasteiger charge is -2.17. The third-order valence-corrected chi connectivity index (χ3v) is 4.34. The molecule has 0 bridgehead atoms. The van der Waals surface area contributed by atoms with Gasteiger partial charge in [0.15, 0.2) is 0 Å². The van der Waals surface area contributed by atoms with Gasteiger partial charge in [0.1, 0.15) is 0 Å². The highest BCUT2D eigenvalue weighted by molar-refractivity contribution is 7.99. The maximum absolute atomic E-state index is 12.4. The number of hydrogen-bond donors (Lipinski definition) is 2. The lowest BCUT2D eigenvalue weighted by Crippen LogP contribution is -2.31. The van der Waals surface area contributed by atoms with E-state index in [9.17, 15) is 9.32 Å². The van der Waals surface area contributed by atoms with Crippen LogP contribution in [0.2, 0.25) is 0 Å². The van der Waals surface area contributed by atoms with E-state index in [1.165, 1.54) is 5.37 Å².